The normalized spacial score (nSPS) is 32.4. The van der Waals surface area contributed by atoms with Crippen molar-refractivity contribution < 1.29 is 0 Å². The average molecular weight is 266 g/mol. The van der Waals surface area contributed by atoms with Crippen LogP contribution < -0.4 is 5.32 Å². The molecule has 0 aromatic rings. The molecule has 2 aliphatic rings. The fourth-order valence-corrected chi connectivity index (χ4v) is 4.76. The topological polar surface area (TPSA) is 15.3 Å². The Kier molecular flexibility index (Phi) is 4.62. The first-order valence-electron chi connectivity index (χ1n) is 8.18. The molecule has 1 aliphatic heterocycles. The maximum Gasteiger partial charge on any atom is 0.00773 e. The van der Waals surface area contributed by atoms with Crippen LogP contribution in [0, 0.1) is 16.7 Å². The van der Waals surface area contributed by atoms with Crippen molar-refractivity contribution in [3.05, 3.63) is 0 Å². The van der Waals surface area contributed by atoms with E-state index in [1.165, 1.54) is 51.7 Å². The molecule has 112 valence electrons. The quantitative estimate of drug-likeness (QED) is 0.841. The highest BCUT2D eigenvalue weighted by molar-refractivity contribution is 4.92. The molecule has 0 amide bonds. The van der Waals surface area contributed by atoms with Crippen molar-refractivity contribution >= 4 is 0 Å². The summed E-state index contributed by atoms with van der Waals surface area (Å²) in [5, 5.41) is 3.90. The number of piperidine rings is 1. The van der Waals surface area contributed by atoms with Crippen molar-refractivity contribution in [2.45, 2.75) is 65.8 Å². The van der Waals surface area contributed by atoms with Gasteiger partial charge in [0, 0.05) is 12.6 Å². The van der Waals surface area contributed by atoms with Gasteiger partial charge < -0.3 is 10.2 Å². The maximum atomic E-state index is 3.90. The summed E-state index contributed by atoms with van der Waals surface area (Å²) < 4.78 is 0. The Hall–Kier alpha value is -0.0800. The van der Waals surface area contributed by atoms with Crippen LogP contribution >= 0.6 is 0 Å². The molecule has 2 nitrogen and oxygen atoms in total. The number of nitrogens with zero attached hydrogens (tertiary/aromatic N) is 1. The highest BCUT2D eigenvalue weighted by atomic mass is 15.1. The fraction of sp³-hybridized carbons (Fsp3) is 1.00. The second-order valence-electron chi connectivity index (χ2n) is 8.79. The second kappa shape index (κ2) is 5.73. The van der Waals surface area contributed by atoms with Crippen molar-refractivity contribution in [3.63, 3.8) is 0 Å². The average Bonchev–Trinajstić information content (AvgIpc) is 2.22. The summed E-state index contributed by atoms with van der Waals surface area (Å²) in [7, 11) is 2.26. The molecule has 2 heteroatoms. The predicted molar refractivity (Wildman–Crippen MR) is 83.4 cm³/mol. The molecule has 2 rings (SSSR count). The lowest BCUT2D eigenvalue weighted by Gasteiger charge is -2.45. The first-order valence-corrected chi connectivity index (χ1v) is 8.18. The van der Waals surface area contributed by atoms with Gasteiger partial charge in [-0.3, -0.25) is 0 Å². The zero-order valence-corrected chi connectivity index (χ0v) is 13.8. The highest BCUT2D eigenvalue weighted by Gasteiger charge is 2.38. The Bertz CT molecular complexity index is 280. The van der Waals surface area contributed by atoms with E-state index in [1.54, 1.807) is 0 Å². The lowest BCUT2D eigenvalue weighted by atomic mass is 9.63. The number of rotatable bonds is 3. The molecular formula is C17H34N2. The van der Waals surface area contributed by atoms with Crippen LogP contribution in [0.25, 0.3) is 0 Å². The molecule has 1 saturated heterocycles. The zero-order chi connectivity index (χ0) is 14.1. The van der Waals surface area contributed by atoms with Gasteiger partial charge in [-0.25, -0.2) is 0 Å². The third-order valence-corrected chi connectivity index (χ3v) is 4.97. The molecule has 1 heterocycles. The van der Waals surface area contributed by atoms with Gasteiger partial charge >= 0.3 is 0 Å². The van der Waals surface area contributed by atoms with Crippen LogP contribution in [0.1, 0.15) is 59.8 Å². The van der Waals surface area contributed by atoms with Gasteiger partial charge in [-0.1, -0.05) is 27.7 Å². The van der Waals surface area contributed by atoms with E-state index in [4.69, 9.17) is 0 Å². The standard InChI is InChI=1S/C17H34N2/c1-16(2)9-15(10-17(3,4)13-16)18-11-14-7-6-8-19(5)12-14/h14-15,18H,6-13H2,1-5H3. The molecule has 0 bridgehead atoms. The third kappa shape index (κ3) is 4.75. The Labute approximate surface area is 120 Å². The Morgan fingerprint density at radius 2 is 1.74 bits per heavy atom. The molecule has 0 aromatic carbocycles. The van der Waals surface area contributed by atoms with Gasteiger partial charge in [0.2, 0.25) is 0 Å². The largest absolute Gasteiger partial charge is 0.314 e. The molecule has 1 atom stereocenters. The lowest BCUT2D eigenvalue weighted by molar-refractivity contribution is 0.0808. The van der Waals surface area contributed by atoms with Crippen LogP contribution in [-0.2, 0) is 0 Å². The summed E-state index contributed by atoms with van der Waals surface area (Å²) in [5.74, 6) is 0.868. The van der Waals surface area contributed by atoms with Crippen molar-refractivity contribution in [2.75, 3.05) is 26.7 Å². The van der Waals surface area contributed by atoms with Crippen molar-refractivity contribution in [1.29, 1.82) is 0 Å². The highest BCUT2D eigenvalue weighted by Crippen LogP contribution is 2.45. The minimum absolute atomic E-state index is 0.503. The molecule has 1 N–H and O–H groups in total. The number of hydrogen-bond donors (Lipinski definition) is 1. The van der Waals surface area contributed by atoms with Gasteiger partial charge in [0.15, 0.2) is 0 Å². The lowest BCUT2D eigenvalue weighted by Crippen LogP contribution is -2.46. The Morgan fingerprint density at radius 1 is 1.11 bits per heavy atom. The second-order valence-corrected chi connectivity index (χ2v) is 8.79. The smallest absolute Gasteiger partial charge is 0.00773 e. The molecule has 1 saturated carbocycles. The van der Waals surface area contributed by atoms with Crippen molar-refractivity contribution in [2.24, 2.45) is 16.7 Å². The summed E-state index contributed by atoms with van der Waals surface area (Å²) in [6.07, 6.45) is 6.85. The Morgan fingerprint density at radius 3 is 2.32 bits per heavy atom. The summed E-state index contributed by atoms with van der Waals surface area (Å²) in [4.78, 5) is 2.49. The monoisotopic (exact) mass is 266 g/mol. The predicted octanol–water partition coefficient (Wildman–Crippen LogP) is 3.52. The van der Waals surface area contributed by atoms with Crippen molar-refractivity contribution in [3.8, 4) is 0 Å². The maximum absolute atomic E-state index is 3.90. The van der Waals surface area contributed by atoms with Crippen LogP contribution in [-0.4, -0.2) is 37.6 Å². The molecule has 1 aliphatic carbocycles. The zero-order valence-electron chi connectivity index (χ0n) is 13.8. The summed E-state index contributed by atoms with van der Waals surface area (Å²) in [6.45, 7) is 13.6. The number of likely N-dealkylation sites (tertiary alicyclic amines) is 1. The van der Waals surface area contributed by atoms with E-state index in [1.807, 2.05) is 0 Å². The van der Waals surface area contributed by atoms with Gasteiger partial charge in [-0.05, 0) is 69.0 Å². The van der Waals surface area contributed by atoms with Crippen molar-refractivity contribution in [1.82, 2.24) is 10.2 Å². The van der Waals surface area contributed by atoms with E-state index in [0.717, 1.165) is 12.0 Å². The first-order chi connectivity index (χ1) is 8.76. The molecule has 0 aromatic heterocycles. The minimum atomic E-state index is 0.503. The molecule has 2 fully saturated rings. The fourth-order valence-electron chi connectivity index (χ4n) is 4.76. The van der Waals surface area contributed by atoms with Gasteiger partial charge in [0.1, 0.15) is 0 Å². The van der Waals surface area contributed by atoms with E-state index >= 15 is 0 Å². The molecule has 1 unspecified atom stereocenters. The summed E-state index contributed by atoms with van der Waals surface area (Å²) >= 11 is 0. The SMILES string of the molecule is CN1CCCC(CNC2CC(C)(C)CC(C)(C)C2)C1. The van der Waals surface area contributed by atoms with E-state index < -0.39 is 0 Å². The summed E-state index contributed by atoms with van der Waals surface area (Å²) in [6, 6.07) is 0.728. The third-order valence-electron chi connectivity index (χ3n) is 4.97. The van der Waals surface area contributed by atoms with E-state index in [0.29, 0.717) is 10.8 Å². The van der Waals surface area contributed by atoms with Crippen LogP contribution in [0.2, 0.25) is 0 Å². The molecule has 19 heavy (non-hydrogen) atoms. The minimum Gasteiger partial charge on any atom is -0.314 e. The van der Waals surface area contributed by atoms with Crippen LogP contribution in [0.3, 0.4) is 0 Å². The van der Waals surface area contributed by atoms with Gasteiger partial charge in [-0.15, -0.1) is 0 Å². The number of hydrogen-bond acceptors (Lipinski definition) is 2. The summed E-state index contributed by atoms with van der Waals surface area (Å²) in [5.41, 5.74) is 1.01. The van der Waals surface area contributed by atoms with E-state index in [-0.39, 0.29) is 0 Å². The van der Waals surface area contributed by atoms with Gasteiger partial charge in [0.25, 0.3) is 0 Å². The Balaban J connectivity index is 1.82. The molecule has 0 radical (unpaired) electrons. The number of nitrogens with one attached hydrogen (secondary N) is 1. The van der Waals surface area contributed by atoms with Crippen LogP contribution in [0.5, 0.6) is 0 Å². The van der Waals surface area contributed by atoms with Gasteiger partial charge in [-0.2, -0.15) is 0 Å². The van der Waals surface area contributed by atoms with E-state index in [9.17, 15) is 0 Å². The molecule has 0 spiro atoms. The van der Waals surface area contributed by atoms with Crippen LogP contribution in [0.15, 0.2) is 0 Å². The van der Waals surface area contributed by atoms with Gasteiger partial charge in [0.05, 0.1) is 0 Å². The first kappa shape index (κ1) is 15.3. The van der Waals surface area contributed by atoms with Crippen LogP contribution in [0.4, 0.5) is 0 Å². The molecular weight excluding hydrogens is 232 g/mol. The van der Waals surface area contributed by atoms with E-state index in [2.05, 4.69) is 45.0 Å².